The maximum absolute atomic E-state index is 12.8. The first-order chi connectivity index (χ1) is 5.41. The first kappa shape index (κ1) is 9.15. The zero-order valence-corrected chi connectivity index (χ0v) is 7.10. The Bertz CT molecular complexity index is 397. The van der Waals surface area contributed by atoms with Gasteiger partial charge in [0, 0.05) is 0 Å². The van der Waals surface area contributed by atoms with E-state index in [9.17, 15) is 12.8 Å². The molecule has 0 aliphatic heterocycles. The fourth-order valence-electron chi connectivity index (χ4n) is 0.815. The van der Waals surface area contributed by atoms with Crippen molar-refractivity contribution in [3.05, 3.63) is 29.6 Å². The van der Waals surface area contributed by atoms with Crippen LogP contribution in [0.15, 0.2) is 23.1 Å². The normalized spacial score (nSPS) is 11.6. The lowest BCUT2D eigenvalue weighted by Gasteiger charge is -1.99. The molecular formula is C7H7FO3S. The van der Waals surface area contributed by atoms with Crippen molar-refractivity contribution in [2.24, 2.45) is 0 Å². The fourth-order valence-corrected chi connectivity index (χ4v) is 1.36. The summed E-state index contributed by atoms with van der Waals surface area (Å²) < 4.78 is 42.3. The van der Waals surface area contributed by atoms with Gasteiger partial charge >= 0.3 is 0 Å². The molecule has 0 bridgehead atoms. The summed E-state index contributed by atoms with van der Waals surface area (Å²) in [5, 5.41) is 0. The van der Waals surface area contributed by atoms with Crippen LogP contribution in [0, 0.1) is 12.7 Å². The van der Waals surface area contributed by atoms with Crippen molar-refractivity contribution < 1.29 is 17.4 Å². The molecule has 1 aromatic carbocycles. The van der Waals surface area contributed by atoms with Gasteiger partial charge in [-0.2, -0.15) is 8.42 Å². The van der Waals surface area contributed by atoms with E-state index in [1.165, 1.54) is 6.07 Å². The molecule has 0 amide bonds. The predicted molar refractivity (Wildman–Crippen MR) is 41.0 cm³/mol. The molecule has 5 heteroatoms. The van der Waals surface area contributed by atoms with Crippen molar-refractivity contribution in [1.82, 2.24) is 0 Å². The van der Waals surface area contributed by atoms with Gasteiger partial charge in [-0.1, -0.05) is 6.07 Å². The maximum Gasteiger partial charge on any atom is 0.297 e. The molecule has 1 aromatic rings. The molecule has 0 saturated heterocycles. The monoisotopic (exact) mass is 190 g/mol. The van der Waals surface area contributed by atoms with Gasteiger partial charge in [-0.15, -0.1) is 0 Å². The van der Waals surface area contributed by atoms with Crippen LogP contribution in [0.2, 0.25) is 0 Å². The zero-order chi connectivity index (χ0) is 9.35. The molecule has 66 valence electrons. The largest absolute Gasteiger partial charge is 0.297 e. The van der Waals surface area contributed by atoms with E-state index < -0.39 is 20.8 Å². The van der Waals surface area contributed by atoms with Crippen LogP contribution < -0.4 is 0 Å². The summed E-state index contributed by atoms with van der Waals surface area (Å²) >= 11 is 0. The first-order valence-electron chi connectivity index (χ1n) is 3.15. The molecule has 1 N–H and O–H groups in total. The van der Waals surface area contributed by atoms with E-state index in [0.717, 1.165) is 12.1 Å². The minimum absolute atomic E-state index is 0.597. The van der Waals surface area contributed by atoms with Gasteiger partial charge in [0.1, 0.15) is 10.7 Å². The molecule has 0 radical (unpaired) electrons. The number of halogens is 1. The Labute approximate surface area is 69.6 Å². The van der Waals surface area contributed by atoms with Gasteiger partial charge in [0.25, 0.3) is 10.1 Å². The quantitative estimate of drug-likeness (QED) is 0.680. The van der Waals surface area contributed by atoms with E-state index in [4.69, 9.17) is 4.55 Å². The molecule has 0 aliphatic carbocycles. The number of benzene rings is 1. The standard InChI is InChI=1S/C7H7FO3S/c1-5-2-3-7(6(8)4-5)12(9,10)11/h2-4H,1H3,(H,9,10,11). The van der Waals surface area contributed by atoms with Crippen molar-refractivity contribution in [2.45, 2.75) is 11.8 Å². The van der Waals surface area contributed by atoms with Crippen LogP contribution in [0.1, 0.15) is 5.56 Å². The van der Waals surface area contributed by atoms with Crippen molar-refractivity contribution >= 4 is 10.1 Å². The Morgan fingerprint density at radius 3 is 2.42 bits per heavy atom. The average molecular weight is 190 g/mol. The van der Waals surface area contributed by atoms with Crippen molar-refractivity contribution in [2.75, 3.05) is 0 Å². The highest BCUT2D eigenvalue weighted by Crippen LogP contribution is 2.14. The number of aryl methyl sites for hydroxylation is 1. The number of hydrogen-bond acceptors (Lipinski definition) is 2. The van der Waals surface area contributed by atoms with E-state index in [2.05, 4.69) is 0 Å². The second-order valence-corrected chi connectivity index (χ2v) is 3.80. The Hall–Kier alpha value is -0.940. The smallest absolute Gasteiger partial charge is 0.282 e. The summed E-state index contributed by atoms with van der Waals surface area (Å²) in [4.78, 5) is -0.687. The maximum atomic E-state index is 12.8. The van der Waals surface area contributed by atoms with Crippen LogP contribution in [0.4, 0.5) is 4.39 Å². The molecule has 0 aromatic heterocycles. The van der Waals surface area contributed by atoms with Gasteiger partial charge in [-0.25, -0.2) is 4.39 Å². The molecule has 3 nitrogen and oxygen atoms in total. The lowest BCUT2D eigenvalue weighted by Crippen LogP contribution is -2.01. The van der Waals surface area contributed by atoms with Gasteiger partial charge in [-0.05, 0) is 24.6 Å². The summed E-state index contributed by atoms with van der Waals surface area (Å²) in [5.41, 5.74) is 0.597. The topological polar surface area (TPSA) is 54.4 Å². The molecule has 0 spiro atoms. The Morgan fingerprint density at radius 1 is 1.42 bits per heavy atom. The van der Waals surface area contributed by atoms with Crippen LogP contribution >= 0.6 is 0 Å². The molecule has 1 rings (SSSR count). The molecular weight excluding hydrogens is 183 g/mol. The van der Waals surface area contributed by atoms with Crippen LogP contribution in [0.3, 0.4) is 0 Å². The van der Waals surface area contributed by atoms with Crippen LogP contribution in [0.25, 0.3) is 0 Å². The average Bonchev–Trinajstić information content (AvgIpc) is 1.83. The fraction of sp³-hybridized carbons (Fsp3) is 0.143. The van der Waals surface area contributed by atoms with Crippen molar-refractivity contribution in [1.29, 1.82) is 0 Å². The summed E-state index contributed by atoms with van der Waals surface area (Å²) in [5.74, 6) is -0.933. The lowest BCUT2D eigenvalue weighted by molar-refractivity contribution is 0.473. The van der Waals surface area contributed by atoms with E-state index in [-0.39, 0.29) is 0 Å². The SMILES string of the molecule is Cc1ccc(S(=O)(=O)O)c(F)c1. The second kappa shape index (κ2) is 2.84. The Kier molecular flexibility index (Phi) is 2.16. The van der Waals surface area contributed by atoms with Gasteiger partial charge in [0.05, 0.1) is 0 Å². The lowest BCUT2D eigenvalue weighted by atomic mass is 10.2. The third-order valence-corrected chi connectivity index (χ3v) is 2.25. The summed E-state index contributed by atoms with van der Waals surface area (Å²) in [7, 11) is -4.43. The van der Waals surface area contributed by atoms with Gasteiger partial charge in [0.15, 0.2) is 0 Å². The third-order valence-electron chi connectivity index (χ3n) is 1.37. The highest BCUT2D eigenvalue weighted by atomic mass is 32.2. The molecule has 0 atom stereocenters. The Balaban J connectivity index is 3.39. The molecule has 0 fully saturated rings. The summed E-state index contributed by atoms with van der Waals surface area (Å²) in [6.45, 7) is 1.62. The number of hydrogen-bond donors (Lipinski definition) is 1. The molecule has 0 heterocycles. The van der Waals surface area contributed by atoms with Crippen LogP contribution in [-0.4, -0.2) is 13.0 Å². The zero-order valence-electron chi connectivity index (χ0n) is 6.28. The summed E-state index contributed by atoms with van der Waals surface area (Å²) in [6, 6.07) is 3.48. The van der Waals surface area contributed by atoms with Crippen molar-refractivity contribution in [3.63, 3.8) is 0 Å². The van der Waals surface area contributed by atoms with E-state index in [0.29, 0.717) is 5.56 Å². The molecule has 0 aliphatic rings. The third kappa shape index (κ3) is 1.80. The molecule has 0 unspecified atom stereocenters. The van der Waals surface area contributed by atoms with E-state index in [1.54, 1.807) is 6.92 Å². The predicted octanol–water partition coefficient (Wildman–Crippen LogP) is 1.38. The highest BCUT2D eigenvalue weighted by molar-refractivity contribution is 7.85. The van der Waals surface area contributed by atoms with E-state index in [1.807, 2.05) is 0 Å². The van der Waals surface area contributed by atoms with Crippen LogP contribution in [0.5, 0.6) is 0 Å². The van der Waals surface area contributed by atoms with E-state index >= 15 is 0 Å². The molecule has 0 saturated carbocycles. The Morgan fingerprint density at radius 2 is 2.00 bits per heavy atom. The van der Waals surface area contributed by atoms with Crippen molar-refractivity contribution in [3.8, 4) is 0 Å². The second-order valence-electron chi connectivity index (χ2n) is 2.41. The minimum Gasteiger partial charge on any atom is -0.282 e. The number of rotatable bonds is 1. The molecule has 12 heavy (non-hydrogen) atoms. The van der Waals surface area contributed by atoms with Gasteiger partial charge in [-0.3, -0.25) is 4.55 Å². The van der Waals surface area contributed by atoms with Crippen LogP contribution in [-0.2, 0) is 10.1 Å². The van der Waals surface area contributed by atoms with Gasteiger partial charge in [0.2, 0.25) is 0 Å². The minimum atomic E-state index is -4.43. The first-order valence-corrected chi connectivity index (χ1v) is 4.59. The summed E-state index contributed by atoms with van der Waals surface area (Å²) in [6.07, 6.45) is 0. The van der Waals surface area contributed by atoms with Gasteiger partial charge < -0.3 is 0 Å². The highest BCUT2D eigenvalue weighted by Gasteiger charge is 2.14.